The number of ketones is 1. The second-order valence-corrected chi connectivity index (χ2v) is 4.55. The molecule has 0 saturated heterocycles. The number of hydrogen-bond acceptors (Lipinski definition) is 5. The Hall–Kier alpha value is -2.50. The van der Waals surface area contributed by atoms with Gasteiger partial charge in [-0.05, 0) is 25.5 Å². The first-order valence-corrected chi connectivity index (χ1v) is 6.71. The lowest BCUT2D eigenvalue weighted by atomic mass is 10.1. The molecule has 6 nitrogen and oxygen atoms in total. The lowest BCUT2D eigenvalue weighted by Crippen LogP contribution is -2.31. The molecule has 1 aromatic carbocycles. The highest BCUT2D eigenvalue weighted by molar-refractivity contribution is 6.33. The van der Waals surface area contributed by atoms with Crippen LogP contribution in [0.3, 0.4) is 0 Å². The van der Waals surface area contributed by atoms with Gasteiger partial charge in [0.2, 0.25) is 5.78 Å². The molecule has 1 aliphatic rings. The predicted molar refractivity (Wildman–Crippen MR) is 72.7 cm³/mol. The summed E-state index contributed by atoms with van der Waals surface area (Å²) >= 11 is 0. The van der Waals surface area contributed by atoms with Crippen molar-refractivity contribution in [1.29, 1.82) is 0 Å². The van der Waals surface area contributed by atoms with Gasteiger partial charge in [0.05, 0.1) is 17.7 Å². The Balaban J connectivity index is 1.91. The minimum absolute atomic E-state index is 0.0494. The highest BCUT2D eigenvalue weighted by Gasteiger charge is 2.34. The van der Waals surface area contributed by atoms with E-state index in [1.54, 1.807) is 31.2 Å². The van der Waals surface area contributed by atoms with E-state index in [1.165, 1.54) is 0 Å². The maximum atomic E-state index is 12.0. The van der Waals surface area contributed by atoms with E-state index in [1.807, 2.05) is 0 Å². The molecule has 0 N–H and O–H groups in total. The molecule has 110 valence electrons. The summed E-state index contributed by atoms with van der Waals surface area (Å²) in [6.45, 7) is 1.87. The zero-order valence-electron chi connectivity index (χ0n) is 11.6. The Labute approximate surface area is 121 Å². The van der Waals surface area contributed by atoms with E-state index in [4.69, 9.17) is 0 Å². The summed E-state index contributed by atoms with van der Waals surface area (Å²) < 4.78 is 4.58. The van der Waals surface area contributed by atoms with Crippen molar-refractivity contribution in [2.45, 2.75) is 19.8 Å². The van der Waals surface area contributed by atoms with Gasteiger partial charge in [-0.25, -0.2) is 4.79 Å². The van der Waals surface area contributed by atoms with E-state index in [9.17, 15) is 19.2 Å². The van der Waals surface area contributed by atoms with Crippen LogP contribution in [0.2, 0.25) is 0 Å². The number of ether oxygens (including phenoxy) is 1. The number of imide groups is 1. The van der Waals surface area contributed by atoms with Crippen LogP contribution in [0.4, 0.5) is 0 Å². The van der Waals surface area contributed by atoms with Crippen molar-refractivity contribution in [3.05, 3.63) is 35.4 Å². The first-order chi connectivity index (χ1) is 10.1. The van der Waals surface area contributed by atoms with Crippen LogP contribution >= 0.6 is 0 Å². The fraction of sp³-hybridized carbons (Fsp3) is 0.333. The highest BCUT2D eigenvalue weighted by Crippen LogP contribution is 2.22. The molecule has 0 fully saturated rings. The molecule has 0 aliphatic carbocycles. The number of carbonyl (C=O) groups excluding carboxylic acids is 4. The number of fused-ring (bicyclic) bond motifs is 1. The molecule has 0 bridgehead atoms. The zero-order chi connectivity index (χ0) is 15.4. The first kappa shape index (κ1) is 14.9. The minimum atomic E-state index is -0.875. The van der Waals surface area contributed by atoms with Gasteiger partial charge >= 0.3 is 5.97 Å². The molecular formula is C15H15NO5. The van der Waals surface area contributed by atoms with Gasteiger partial charge in [-0.15, -0.1) is 0 Å². The first-order valence-electron chi connectivity index (χ1n) is 6.71. The summed E-state index contributed by atoms with van der Waals surface area (Å²) in [4.78, 5) is 47.8. The average Bonchev–Trinajstić information content (AvgIpc) is 2.73. The number of nitrogens with zero attached hydrogens (tertiary/aromatic N) is 1. The van der Waals surface area contributed by atoms with E-state index in [-0.39, 0.29) is 37.8 Å². The number of rotatable bonds is 6. The zero-order valence-corrected chi connectivity index (χ0v) is 11.6. The van der Waals surface area contributed by atoms with Crippen molar-refractivity contribution in [1.82, 2.24) is 4.90 Å². The van der Waals surface area contributed by atoms with Crippen LogP contribution in [0.25, 0.3) is 0 Å². The standard InChI is InChI=1S/C15H15NO5/c1-2-21-15(20)12(17)8-5-9-16-13(18)10-6-3-4-7-11(10)14(16)19/h3-4,6-7H,2,5,8-9H2,1H3. The Morgan fingerprint density at radius 2 is 1.67 bits per heavy atom. The molecule has 2 rings (SSSR count). The molecule has 21 heavy (non-hydrogen) atoms. The summed E-state index contributed by atoms with van der Waals surface area (Å²) in [7, 11) is 0. The smallest absolute Gasteiger partial charge is 0.374 e. The summed E-state index contributed by atoms with van der Waals surface area (Å²) in [5.41, 5.74) is 0.749. The third-order valence-corrected chi connectivity index (χ3v) is 3.17. The second-order valence-electron chi connectivity index (χ2n) is 4.55. The molecule has 0 radical (unpaired) electrons. The number of carbonyl (C=O) groups is 4. The molecule has 6 heteroatoms. The van der Waals surface area contributed by atoms with Crippen molar-refractivity contribution < 1.29 is 23.9 Å². The van der Waals surface area contributed by atoms with Gasteiger partial charge in [0.25, 0.3) is 11.8 Å². The average molecular weight is 289 g/mol. The van der Waals surface area contributed by atoms with Gasteiger partial charge < -0.3 is 4.74 Å². The largest absolute Gasteiger partial charge is 0.460 e. The van der Waals surface area contributed by atoms with Crippen LogP contribution in [0.5, 0.6) is 0 Å². The van der Waals surface area contributed by atoms with Gasteiger partial charge in [0.15, 0.2) is 0 Å². The number of amides is 2. The molecule has 1 aromatic rings. The van der Waals surface area contributed by atoms with Crippen LogP contribution in [0.1, 0.15) is 40.5 Å². The Bertz CT molecular complexity index is 573. The van der Waals surface area contributed by atoms with Crippen LogP contribution in [0, 0.1) is 0 Å². The number of hydrogen-bond donors (Lipinski definition) is 0. The molecule has 0 saturated carbocycles. The maximum absolute atomic E-state index is 12.0. The Morgan fingerprint density at radius 3 is 2.19 bits per heavy atom. The van der Waals surface area contributed by atoms with E-state index < -0.39 is 11.8 Å². The van der Waals surface area contributed by atoms with Crippen molar-refractivity contribution in [2.75, 3.05) is 13.2 Å². The molecule has 0 spiro atoms. The molecule has 1 heterocycles. The number of esters is 1. The van der Waals surface area contributed by atoms with Crippen molar-refractivity contribution in [3.8, 4) is 0 Å². The third-order valence-electron chi connectivity index (χ3n) is 3.17. The minimum Gasteiger partial charge on any atom is -0.460 e. The van der Waals surface area contributed by atoms with E-state index >= 15 is 0 Å². The molecule has 0 unspecified atom stereocenters. The van der Waals surface area contributed by atoms with Gasteiger partial charge in [0.1, 0.15) is 0 Å². The normalized spacial score (nSPS) is 13.3. The quantitative estimate of drug-likeness (QED) is 0.446. The monoisotopic (exact) mass is 289 g/mol. The summed E-state index contributed by atoms with van der Waals surface area (Å²) in [5.74, 6) is -2.24. The van der Waals surface area contributed by atoms with Gasteiger partial charge in [-0.3, -0.25) is 19.3 Å². The van der Waals surface area contributed by atoms with Crippen molar-refractivity contribution in [2.24, 2.45) is 0 Å². The van der Waals surface area contributed by atoms with Crippen LogP contribution in [-0.4, -0.2) is 41.6 Å². The van der Waals surface area contributed by atoms with Gasteiger partial charge in [-0.2, -0.15) is 0 Å². The number of benzene rings is 1. The van der Waals surface area contributed by atoms with E-state index in [0.717, 1.165) is 4.90 Å². The van der Waals surface area contributed by atoms with E-state index in [2.05, 4.69) is 4.74 Å². The van der Waals surface area contributed by atoms with Crippen LogP contribution in [-0.2, 0) is 14.3 Å². The van der Waals surface area contributed by atoms with E-state index in [0.29, 0.717) is 11.1 Å². The summed E-state index contributed by atoms with van der Waals surface area (Å²) in [6.07, 6.45) is 0.190. The fourth-order valence-corrected chi connectivity index (χ4v) is 2.15. The molecule has 2 amide bonds. The Kier molecular flexibility index (Phi) is 4.47. The Morgan fingerprint density at radius 1 is 1.10 bits per heavy atom. The predicted octanol–water partition coefficient (Wildman–Crippen LogP) is 1.19. The van der Waals surface area contributed by atoms with Gasteiger partial charge in [0, 0.05) is 13.0 Å². The molecular weight excluding hydrogens is 274 g/mol. The third kappa shape index (κ3) is 2.99. The molecule has 1 aliphatic heterocycles. The summed E-state index contributed by atoms with van der Waals surface area (Å²) in [6, 6.07) is 6.58. The summed E-state index contributed by atoms with van der Waals surface area (Å²) in [5, 5.41) is 0. The number of Topliss-reactive ketones (excluding diaryl/α,β-unsaturated/α-hetero) is 1. The lowest BCUT2D eigenvalue weighted by Gasteiger charge is -2.12. The molecule has 0 atom stereocenters. The van der Waals surface area contributed by atoms with Crippen LogP contribution < -0.4 is 0 Å². The topological polar surface area (TPSA) is 80.8 Å². The fourth-order valence-electron chi connectivity index (χ4n) is 2.15. The SMILES string of the molecule is CCOC(=O)C(=O)CCCN1C(=O)c2ccccc2C1=O. The van der Waals surface area contributed by atoms with Gasteiger partial charge in [-0.1, -0.05) is 12.1 Å². The maximum Gasteiger partial charge on any atom is 0.374 e. The van der Waals surface area contributed by atoms with Crippen molar-refractivity contribution in [3.63, 3.8) is 0 Å². The van der Waals surface area contributed by atoms with Crippen LogP contribution in [0.15, 0.2) is 24.3 Å². The lowest BCUT2D eigenvalue weighted by molar-refractivity contribution is -0.153. The van der Waals surface area contributed by atoms with Crippen molar-refractivity contribution >= 4 is 23.6 Å². The molecule has 0 aromatic heterocycles. The highest BCUT2D eigenvalue weighted by atomic mass is 16.5. The second kappa shape index (κ2) is 6.30.